The molecule has 13 nitrogen and oxygen atoms in total. The molecule has 1 aromatic carbocycles. The number of amides is 3. The molecule has 0 saturated carbocycles. The van der Waals surface area contributed by atoms with Gasteiger partial charge in [-0.15, -0.1) is 0 Å². The molecule has 2 aliphatic heterocycles. The number of carbonyl (C=O) groups is 3. The van der Waals surface area contributed by atoms with Crippen molar-refractivity contribution in [1.82, 2.24) is 39.7 Å². The summed E-state index contributed by atoms with van der Waals surface area (Å²) in [6.45, 7) is 7.80. The average molecular weight is 640 g/mol. The van der Waals surface area contributed by atoms with Crippen LogP contribution in [0.15, 0.2) is 61.3 Å². The molecule has 0 bridgehead atoms. The van der Waals surface area contributed by atoms with E-state index in [1.54, 1.807) is 32.9 Å². The number of anilines is 1. The maximum atomic E-state index is 13.3. The Morgan fingerprint density at radius 3 is 2.23 bits per heavy atom. The number of carbonyl (C=O) groups excluding carboxylic acids is 3. The van der Waals surface area contributed by atoms with Crippen molar-refractivity contribution < 1.29 is 19.1 Å². The van der Waals surface area contributed by atoms with Crippen molar-refractivity contribution in [3.63, 3.8) is 0 Å². The second-order valence-corrected chi connectivity index (χ2v) is 13.3. The van der Waals surface area contributed by atoms with Crippen LogP contribution in [-0.4, -0.2) is 90.1 Å². The van der Waals surface area contributed by atoms with E-state index in [0.29, 0.717) is 43.7 Å². The first kappa shape index (κ1) is 31.8. The van der Waals surface area contributed by atoms with Crippen LogP contribution in [0.2, 0.25) is 0 Å². The van der Waals surface area contributed by atoms with Gasteiger partial charge >= 0.3 is 6.09 Å². The molecule has 4 aromatic rings. The van der Waals surface area contributed by atoms with Crippen molar-refractivity contribution in [3.8, 4) is 22.3 Å². The highest BCUT2D eigenvalue weighted by molar-refractivity contribution is 6.00. The van der Waals surface area contributed by atoms with Gasteiger partial charge in [-0.3, -0.25) is 19.0 Å². The minimum atomic E-state index is -0.512. The highest BCUT2D eigenvalue weighted by Gasteiger charge is 2.30. The molecule has 0 aliphatic carbocycles. The molecule has 1 atom stereocenters. The van der Waals surface area contributed by atoms with Crippen LogP contribution in [-0.2, 0) is 11.8 Å². The standard InChI is InChI=1S/C34H41N9O4/c1-34(2,3)47-33(46)41-13-10-28(11-14-41)43-20-26(18-38-43)22-5-7-23(8-6-22)32(45)42-12-9-27(21-42)39-31(44)29-15-24(16-36-30(29)35)25-17-37-40(4)19-25/h5-8,15-20,27-28H,9-14,21H2,1-4H3,(H2,35,36)(H,39,44)/t27-/m1/s1. The third-order valence-corrected chi connectivity index (χ3v) is 8.57. The van der Waals surface area contributed by atoms with E-state index in [1.807, 2.05) is 75.4 Å². The third kappa shape index (κ3) is 7.29. The van der Waals surface area contributed by atoms with Crippen LogP contribution in [0.1, 0.15) is 66.8 Å². The molecule has 2 saturated heterocycles. The second-order valence-electron chi connectivity index (χ2n) is 13.3. The van der Waals surface area contributed by atoms with E-state index < -0.39 is 5.60 Å². The summed E-state index contributed by atoms with van der Waals surface area (Å²) in [5.41, 5.74) is 9.92. The smallest absolute Gasteiger partial charge is 0.410 e. The summed E-state index contributed by atoms with van der Waals surface area (Å²) in [4.78, 5) is 46.6. The van der Waals surface area contributed by atoms with E-state index in [0.717, 1.165) is 35.1 Å². The molecule has 3 N–H and O–H groups in total. The SMILES string of the molecule is Cn1cc(-c2cnc(N)c(C(=O)N[C@@H]3CCN(C(=O)c4ccc(-c5cnn(C6CCN(C(=O)OC(C)(C)C)CC6)c5)cc4)C3)c2)cn1. The quantitative estimate of drug-likeness (QED) is 0.319. The lowest BCUT2D eigenvalue weighted by atomic mass is 10.0. The van der Waals surface area contributed by atoms with Crippen LogP contribution < -0.4 is 11.1 Å². The van der Waals surface area contributed by atoms with Crippen molar-refractivity contribution in [3.05, 3.63) is 72.4 Å². The Morgan fingerprint density at radius 1 is 0.872 bits per heavy atom. The number of likely N-dealkylation sites (tertiary alicyclic amines) is 2. The average Bonchev–Trinajstić information content (AvgIpc) is 3.82. The maximum absolute atomic E-state index is 13.3. The highest BCUT2D eigenvalue weighted by atomic mass is 16.6. The summed E-state index contributed by atoms with van der Waals surface area (Å²) in [5, 5.41) is 11.8. The molecule has 6 rings (SSSR count). The summed E-state index contributed by atoms with van der Waals surface area (Å²) in [6, 6.07) is 9.24. The van der Waals surface area contributed by atoms with Gasteiger partial charge in [0, 0.05) is 80.1 Å². The Morgan fingerprint density at radius 2 is 1.55 bits per heavy atom. The zero-order valence-corrected chi connectivity index (χ0v) is 27.2. The number of aromatic nitrogens is 5. The lowest BCUT2D eigenvalue weighted by Gasteiger charge is -2.33. The van der Waals surface area contributed by atoms with Gasteiger partial charge in [-0.2, -0.15) is 10.2 Å². The van der Waals surface area contributed by atoms with E-state index in [4.69, 9.17) is 10.5 Å². The Kier molecular flexibility index (Phi) is 8.71. The van der Waals surface area contributed by atoms with Crippen LogP contribution in [0.25, 0.3) is 22.3 Å². The Balaban J connectivity index is 1.02. The number of nitrogens with two attached hydrogens (primary N) is 1. The van der Waals surface area contributed by atoms with E-state index >= 15 is 0 Å². The number of pyridine rings is 1. The molecule has 2 aliphatic rings. The summed E-state index contributed by atoms with van der Waals surface area (Å²) < 4.78 is 9.16. The monoisotopic (exact) mass is 639 g/mol. The molecule has 0 radical (unpaired) electrons. The van der Waals surface area contributed by atoms with Crippen molar-refractivity contribution in [2.24, 2.45) is 7.05 Å². The Hall–Kier alpha value is -5.20. The fraction of sp³-hybridized carbons (Fsp3) is 0.412. The van der Waals surface area contributed by atoms with Crippen molar-refractivity contribution in [2.45, 2.75) is 57.7 Å². The fourth-order valence-electron chi connectivity index (χ4n) is 6.03. The number of aryl methyl sites for hydroxylation is 1. The summed E-state index contributed by atoms with van der Waals surface area (Å²) in [6.07, 6.45) is 11.0. The molecule has 246 valence electrons. The molecule has 13 heteroatoms. The topological polar surface area (TPSA) is 154 Å². The Bertz CT molecular complexity index is 1760. The molecule has 3 aromatic heterocycles. The van der Waals surface area contributed by atoms with Gasteiger partial charge in [0.15, 0.2) is 0 Å². The van der Waals surface area contributed by atoms with Gasteiger partial charge < -0.3 is 25.6 Å². The van der Waals surface area contributed by atoms with Crippen LogP contribution in [0.4, 0.5) is 10.6 Å². The molecular formula is C34H41N9O4. The molecule has 47 heavy (non-hydrogen) atoms. The number of nitrogens with one attached hydrogen (secondary N) is 1. The Labute approximate surface area is 273 Å². The number of piperidine rings is 1. The van der Waals surface area contributed by atoms with Crippen molar-refractivity contribution in [2.75, 3.05) is 31.9 Å². The van der Waals surface area contributed by atoms with E-state index in [1.165, 1.54) is 0 Å². The summed E-state index contributed by atoms with van der Waals surface area (Å²) in [5.74, 6) is -0.255. The van der Waals surface area contributed by atoms with Crippen LogP contribution in [0.3, 0.4) is 0 Å². The number of benzene rings is 1. The number of nitrogen functional groups attached to an aromatic ring is 1. The van der Waals surface area contributed by atoms with Crippen molar-refractivity contribution in [1.29, 1.82) is 0 Å². The van der Waals surface area contributed by atoms with Crippen LogP contribution in [0.5, 0.6) is 0 Å². The molecule has 3 amide bonds. The van der Waals surface area contributed by atoms with E-state index in [2.05, 4.69) is 20.5 Å². The van der Waals surface area contributed by atoms with Gasteiger partial charge in [0.05, 0.1) is 24.0 Å². The van der Waals surface area contributed by atoms with Gasteiger partial charge in [-0.25, -0.2) is 9.78 Å². The van der Waals surface area contributed by atoms with E-state index in [9.17, 15) is 14.4 Å². The largest absolute Gasteiger partial charge is 0.444 e. The van der Waals surface area contributed by atoms with E-state index in [-0.39, 0.29) is 35.8 Å². The molecule has 0 unspecified atom stereocenters. The highest BCUT2D eigenvalue weighted by Crippen LogP contribution is 2.27. The van der Waals surface area contributed by atoms with Crippen LogP contribution >= 0.6 is 0 Å². The minimum absolute atomic E-state index is 0.0829. The lowest BCUT2D eigenvalue weighted by Crippen LogP contribution is -2.42. The fourth-order valence-corrected chi connectivity index (χ4v) is 6.03. The predicted molar refractivity (Wildman–Crippen MR) is 176 cm³/mol. The lowest BCUT2D eigenvalue weighted by molar-refractivity contribution is 0.0184. The first-order valence-corrected chi connectivity index (χ1v) is 15.9. The van der Waals surface area contributed by atoms with Crippen molar-refractivity contribution >= 4 is 23.7 Å². The normalized spacial score (nSPS) is 17.1. The van der Waals surface area contributed by atoms with Gasteiger partial charge in [-0.05, 0) is 63.8 Å². The number of nitrogens with zero attached hydrogens (tertiary/aromatic N) is 7. The number of hydrogen-bond donors (Lipinski definition) is 2. The molecular weight excluding hydrogens is 598 g/mol. The minimum Gasteiger partial charge on any atom is -0.444 e. The van der Waals surface area contributed by atoms with Gasteiger partial charge in [0.2, 0.25) is 0 Å². The second kappa shape index (κ2) is 12.9. The molecule has 5 heterocycles. The summed E-state index contributed by atoms with van der Waals surface area (Å²) >= 11 is 0. The molecule has 0 spiro atoms. The first-order chi connectivity index (χ1) is 22.4. The zero-order valence-electron chi connectivity index (χ0n) is 27.2. The van der Waals surface area contributed by atoms with Gasteiger partial charge in [-0.1, -0.05) is 12.1 Å². The summed E-state index contributed by atoms with van der Waals surface area (Å²) in [7, 11) is 1.82. The molecule has 2 fully saturated rings. The number of ether oxygens (including phenoxy) is 1. The van der Waals surface area contributed by atoms with Gasteiger partial charge in [0.25, 0.3) is 11.8 Å². The third-order valence-electron chi connectivity index (χ3n) is 8.57. The number of rotatable bonds is 6. The maximum Gasteiger partial charge on any atom is 0.410 e. The zero-order chi connectivity index (χ0) is 33.3. The predicted octanol–water partition coefficient (Wildman–Crippen LogP) is 4.14. The van der Waals surface area contributed by atoms with Gasteiger partial charge in [0.1, 0.15) is 11.4 Å². The number of hydrogen-bond acceptors (Lipinski definition) is 8. The van der Waals surface area contributed by atoms with Crippen LogP contribution in [0, 0.1) is 0 Å². The first-order valence-electron chi connectivity index (χ1n) is 15.9.